The van der Waals surface area contributed by atoms with Gasteiger partial charge in [-0.3, -0.25) is 0 Å². The van der Waals surface area contributed by atoms with E-state index in [4.69, 9.17) is 0 Å². The maximum absolute atomic E-state index is 4.42. The van der Waals surface area contributed by atoms with Gasteiger partial charge in [-0.1, -0.05) is 61.5 Å². The average molecular weight is 266 g/mol. The van der Waals surface area contributed by atoms with Crippen LogP contribution in [0.4, 0.5) is 0 Å². The smallest absolute Gasteiger partial charge is 0.127 e. The van der Waals surface area contributed by atoms with Crippen molar-refractivity contribution in [2.45, 2.75) is 11.9 Å². The van der Waals surface area contributed by atoms with Gasteiger partial charge >= 0.3 is 0 Å². The highest BCUT2D eigenvalue weighted by Gasteiger charge is 2.09. The van der Waals surface area contributed by atoms with Crippen molar-refractivity contribution in [1.82, 2.24) is 10.2 Å². The van der Waals surface area contributed by atoms with E-state index in [1.807, 2.05) is 18.2 Å². The number of benzene rings is 2. The minimum atomic E-state index is 0.955. The fourth-order valence-electron chi connectivity index (χ4n) is 2.13. The Labute approximate surface area is 116 Å². The Morgan fingerprint density at radius 1 is 0.842 bits per heavy atom. The Bertz CT molecular complexity index is 695. The summed E-state index contributed by atoms with van der Waals surface area (Å²) in [7, 11) is 0. The third-order valence-corrected chi connectivity index (χ3v) is 3.85. The fraction of sp³-hybridized carbons (Fsp3) is 0.125. The van der Waals surface area contributed by atoms with E-state index >= 15 is 0 Å². The molecule has 2 aromatic carbocycles. The minimum Gasteiger partial charge on any atom is -0.149 e. The lowest BCUT2D eigenvalue weighted by Crippen LogP contribution is -1.93. The van der Waals surface area contributed by atoms with Crippen LogP contribution in [0.5, 0.6) is 0 Å². The van der Waals surface area contributed by atoms with E-state index in [9.17, 15) is 0 Å². The van der Waals surface area contributed by atoms with Gasteiger partial charge in [0.1, 0.15) is 10.7 Å². The van der Waals surface area contributed by atoms with Gasteiger partial charge in [-0.15, -0.1) is 22.0 Å². The monoisotopic (exact) mass is 266 g/mol. The zero-order valence-electron chi connectivity index (χ0n) is 10.7. The number of hydrogen-bond acceptors (Lipinski definition) is 3. The molecule has 94 valence electrons. The summed E-state index contributed by atoms with van der Waals surface area (Å²) in [5, 5.41) is 12.2. The first-order chi connectivity index (χ1) is 9.40. The number of fused-ring (bicyclic) bond motifs is 1. The van der Waals surface area contributed by atoms with E-state index in [2.05, 4.69) is 53.5 Å². The molecule has 0 N–H and O–H groups in total. The molecule has 0 amide bonds. The third-order valence-electron chi connectivity index (χ3n) is 2.98. The van der Waals surface area contributed by atoms with E-state index < -0.39 is 0 Å². The molecule has 3 heteroatoms. The zero-order chi connectivity index (χ0) is 13.1. The molecule has 1 heterocycles. The number of aromatic nitrogens is 2. The van der Waals surface area contributed by atoms with Gasteiger partial charge in [0.25, 0.3) is 0 Å². The molecular weight excluding hydrogens is 252 g/mol. The van der Waals surface area contributed by atoms with Crippen LogP contribution in [0.25, 0.3) is 22.0 Å². The molecule has 0 radical (unpaired) electrons. The van der Waals surface area contributed by atoms with Crippen molar-refractivity contribution >= 4 is 22.5 Å². The lowest BCUT2D eigenvalue weighted by Gasteiger charge is -2.08. The molecule has 0 saturated carbocycles. The van der Waals surface area contributed by atoms with Crippen molar-refractivity contribution in [1.29, 1.82) is 0 Å². The zero-order valence-corrected chi connectivity index (χ0v) is 11.5. The summed E-state index contributed by atoms with van der Waals surface area (Å²) in [5.41, 5.74) is 2.07. The van der Waals surface area contributed by atoms with Gasteiger partial charge in [-0.05, 0) is 5.75 Å². The van der Waals surface area contributed by atoms with E-state index in [-0.39, 0.29) is 0 Å². The molecule has 0 aliphatic heterocycles. The predicted molar refractivity (Wildman–Crippen MR) is 81.4 cm³/mol. The Kier molecular flexibility index (Phi) is 3.47. The number of rotatable bonds is 3. The second-order valence-corrected chi connectivity index (χ2v) is 5.45. The molecule has 0 bridgehead atoms. The Hall–Kier alpha value is -1.87. The largest absolute Gasteiger partial charge is 0.149 e. The van der Waals surface area contributed by atoms with Gasteiger partial charge < -0.3 is 0 Å². The van der Waals surface area contributed by atoms with Crippen LogP contribution in [0, 0.1) is 0 Å². The summed E-state index contributed by atoms with van der Waals surface area (Å²) in [6, 6.07) is 18.6. The summed E-state index contributed by atoms with van der Waals surface area (Å²) in [6.07, 6.45) is 0. The number of hydrogen-bond donors (Lipinski definition) is 0. The topological polar surface area (TPSA) is 25.8 Å². The summed E-state index contributed by atoms with van der Waals surface area (Å²) >= 11 is 1.74. The third kappa shape index (κ3) is 2.34. The van der Waals surface area contributed by atoms with Crippen LogP contribution >= 0.6 is 11.8 Å². The van der Waals surface area contributed by atoms with Crippen molar-refractivity contribution < 1.29 is 0 Å². The van der Waals surface area contributed by atoms with Crippen molar-refractivity contribution in [3.63, 3.8) is 0 Å². The first-order valence-corrected chi connectivity index (χ1v) is 7.32. The Balaban J connectivity index is 2.25. The minimum absolute atomic E-state index is 0.955. The molecule has 0 spiro atoms. The van der Waals surface area contributed by atoms with E-state index in [1.165, 1.54) is 10.8 Å². The van der Waals surface area contributed by atoms with Crippen molar-refractivity contribution in [2.75, 3.05) is 5.75 Å². The SMILES string of the molecule is CCSc1nnc(-c2ccccc2)c2ccccc12. The molecule has 19 heavy (non-hydrogen) atoms. The molecule has 2 nitrogen and oxygen atoms in total. The van der Waals surface area contributed by atoms with Gasteiger partial charge in [-0.25, -0.2) is 0 Å². The maximum Gasteiger partial charge on any atom is 0.127 e. The second kappa shape index (κ2) is 5.41. The lowest BCUT2D eigenvalue weighted by molar-refractivity contribution is 0.962. The van der Waals surface area contributed by atoms with Crippen LogP contribution < -0.4 is 0 Å². The highest BCUT2D eigenvalue weighted by atomic mass is 32.2. The van der Waals surface area contributed by atoms with Crippen LogP contribution in [-0.4, -0.2) is 16.0 Å². The second-order valence-electron chi connectivity index (χ2n) is 4.20. The summed E-state index contributed by atoms with van der Waals surface area (Å²) in [4.78, 5) is 0. The molecule has 0 fully saturated rings. The summed E-state index contributed by atoms with van der Waals surface area (Å²) < 4.78 is 0. The highest BCUT2D eigenvalue weighted by Crippen LogP contribution is 2.31. The summed E-state index contributed by atoms with van der Waals surface area (Å²) in [5.74, 6) is 1.00. The molecule has 3 aromatic rings. The van der Waals surface area contributed by atoms with Gasteiger partial charge in [0, 0.05) is 16.3 Å². The predicted octanol–water partition coefficient (Wildman–Crippen LogP) is 4.41. The standard InChI is InChI=1S/C16H14N2S/c1-2-19-16-14-11-7-6-10-13(14)15(17-18-16)12-8-4-3-5-9-12/h3-11H,2H2,1H3. The molecular formula is C16H14N2S. The molecule has 1 aromatic heterocycles. The van der Waals surface area contributed by atoms with Crippen molar-refractivity contribution in [3.8, 4) is 11.3 Å². The number of nitrogens with zero attached hydrogens (tertiary/aromatic N) is 2. The highest BCUT2D eigenvalue weighted by molar-refractivity contribution is 7.99. The molecule has 0 aliphatic carbocycles. The van der Waals surface area contributed by atoms with Crippen LogP contribution in [0.1, 0.15) is 6.92 Å². The first-order valence-electron chi connectivity index (χ1n) is 6.34. The van der Waals surface area contributed by atoms with Gasteiger partial charge in [-0.2, -0.15) is 0 Å². The lowest BCUT2D eigenvalue weighted by atomic mass is 10.1. The molecule has 0 saturated heterocycles. The van der Waals surface area contributed by atoms with Crippen LogP contribution in [-0.2, 0) is 0 Å². The molecule has 0 atom stereocenters. The normalized spacial score (nSPS) is 10.8. The van der Waals surface area contributed by atoms with Crippen molar-refractivity contribution in [2.24, 2.45) is 0 Å². The summed E-state index contributed by atoms with van der Waals surface area (Å²) in [6.45, 7) is 2.13. The van der Waals surface area contributed by atoms with Crippen molar-refractivity contribution in [3.05, 3.63) is 54.6 Å². The van der Waals surface area contributed by atoms with Gasteiger partial charge in [0.2, 0.25) is 0 Å². The van der Waals surface area contributed by atoms with Gasteiger partial charge in [0.15, 0.2) is 0 Å². The molecule has 0 aliphatic rings. The Morgan fingerprint density at radius 3 is 2.26 bits per heavy atom. The molecule has 3 rings (SSSR count). The van der Waals surface area contributed by atoms with E-state index in [1.54, 1.807) is 11.8 Å². The maximum atomic E-state index is 4.42. The van der Waals surface area contributed by atoms with E-state index in [0.29, 0.717) is 0 Å². The molecule has 0 unspecified atom stereocenters. The quantitative estimate of drug-likeness (QED) is 0.657. The van der Waals surface area contributed by atoms with Crippen LogP contribution in [0.2, 0.25) is 0 Å². The number of thioether (sulfide) groups is 1. The van der Waals surface area contributed by atoms with Gasteiger partial charge in [0.05, 0.1) is 0 Å². The van der Waals surface area contributed by atoms with Crippen LogP contribution in [0.15, 0.2) is 59.6 Å². The Morgan fingerprint density at radius 2 is 1.53 bits per heavy atom. The van der Waals surface area contributed by atoms with Crippen LogP contribution in [0.3, 0.4) is 0 Å². The van der Waals surface area contributed by atoms with E-state index in [0.717, 1.165) is 22.0 Å². The average Bonchev–Trinajstić information content (AvgIpc) is 2.49. The fourth-order valence-corrected chi connectivity index (χ4v) is 2.84. The first kappa shape index (κ1) is 12.2.